The SMILES string of the molecule is Cc1nc(-c2cccs2)sc1C(=O)OCC(=O)Nc1ccc(C(F)(F)F)cc1. The summed E-state index contributed by atoms with van der Waals surface area (Å²) in [6.45, 7) is 1.11. The lowest BCUT2D eigenvalue weighted by molar-refractivity contribution is -0.137. The van der Waals surface area contributed by atoms with Crippen LogP contribution in [-0.4, -0.2) is 23.5 Å². The van der Waals surface area contributed by atoms with Gasteiger partial charge in [0.15, 0.2) is 6.61 Å². The molecule has 0 unspecified atom stereocenters. The van der Waals surface area contributed by atoms with E-state index in [0.29, 0.717) is 15.6 Å². The molecule has 0 aliphatic carbocycles. The molecule has 0 fully saturated rings. The van der Waals surface area contributed by atoms with Crippen molar-refractivity contribution in [2.45, 2.75) is 13.1 Å². The largest absolute Gasteiger partial charge is 0.451 e. The zero-order valence-electron chi connectivity index (χ0n) is 14.4. The summed E-state index contributed by atoms with van der Waals surface area (Å²) < 4.78 is 42.6. The quantitative estimate of drug-likeness (QED) is 0.584. The molecule has 2 heterocycles. The summed E-state index contributed by atoms with van der Waals surface area (Å²) in [5, 5.41) is 4.96. The number of nitrogens with zero attached hydrogens (tertiary/aromatic N) is 1. The fourth-order valence-electron chi connectivity index (χ4n) is 2.23. The normalized spacial score (nSPS) is 11.3. The van der Waals surface area contributed by atoms with E-state index in [1.54, 1.807) is 6.92 Å². The Morgan fingerprint density at radius 1 is 1.18 bits per heavy atom. The number of halogens is 3. The number of aryl methyl sites for hydroxylation is 1. The Bertz CT molecular complexity index is 981. The summed E-state index contributed by atoms with van der Waals surface area (Å²) in [6, 6.07) is 7.73. The standard InChI is InChI=1S/C18H13F3N2O3S2/c1-10-15(28-16(22-10)13-3-2-8-27-13)17(25)26-9-14(24)23-12-6-4-11(5-7-12)18(19,20)21/h2-8H,9H2,1H3,(H,23,24). The van der Waals surface area contributed by atoms with Crippen molar-refractivity contribution in [2.24, 2.45) is 0 Å². The number of alkyl halides is 3. The number of nitrogens with one attached hydrogen (secondary N) is 1. The van der Waals surface area contributed by atoms with Crippen molar-refractivity contribution >= 4 is 40.2 Å². The van der Waals surface area contributed by atoms with Gasteiger partial charge in [-0.3, -0.25) is 4.79 Å². The molecule has 0 saturated carbocycles. The molecule has 0 saturated heterocycles. The highest BCUT2D eigenvalue weighted by Gasteiger charge is 2.30. The van der Waals surface area contributed by atoms with Crippen LogP contribution in [0.2, 0.25) is 0 Å². The Labute approximate surface area is 165 Å². The van der Waals surface area contributed by atoms with E-state index in [1.807, 2.05) is 17.5 Å². The van der Waals surface area contributed by atoms with Gasteiger partial charge in [-0.1, -0.05) is 6.07 Å². The van der Waals surface area contributed by atoms with Gasteiger partial charge >= 0.3 is 12.1 Å². The first-order valence-electron chi connectivity index (χ1n) is 7.89. The number of carbonyl (C=O) groups excluding carboxylic acids is 2. The second-order valence-electron chi connectivity index (χ2n) is 5.61. The Hall–Kier alpha value is -2.72. The number of amides is 1. The molecule has 5 nitrogen and oxygen atoms in total. The van der Waals surface area contributed by atoms with Gasteiger partial charge in [0.1, 0.15) is 9.88 Å². The maximum absolute atomic E-state index is 12.5. The van der Waals surface area contributed by atoms with E-state index in [1.165, 1.54) is 22.7 Å². The zero-order valence-corrected chi connectivity index (χ0v) is 16.0. The Balaban J connectivity index is 1.57. The Morgan fingerprint density at radius 2 is 1.89 bits per heavy atom. The molecular weight excluding hydrogens is 413 g/mol. The molecule has 3 aromatic rings. The number of esters is 1. The van der Waals surface area contributed by atoms with Crippen LogP contribution in [0.25, 0.3) is 9.88 Å². The third-order valence-corrected chi connectivity index (χ3v) is 5.72. The van der Waals surface area contributed by atoms with E-state index in [9.17, 15) is 22.8 Å². The minimum Gasteiger partial charge on any atom is -0.451 e. The number of benzene rings is 1. The number of anilines is 1. The van der Waals surface area contributed by atoms with Gasteiger partial charge in [0, 0.05) is 5.69 Å². The molecular formula is C18H13F3N2O3S2. The summed E-state index contributed by atoms with van der Waals surface area (Å²) in [6.07, 6.45) is -4.45. The van der Waals surface area contributed by atoms with Gasteiger partial charge in [-0.15, -0.1) is 22.7 Å². The third kappa shape index (κ3) is 4.76. The van der Waals surface area contributed by atoms with Gasteiger partial charge in [-0.2, -0.15) is 13.2 Å². The summed E-state index contributed by atoms with van der Waals surface area (Å²) >= 11 is 2.66. The highest BCUT2D eigenvalue weighted by atomic mass is 32.1. The second kappa shape index (κ2) is 8.11. The van der Waals surface area contributed by atoms with Crippen LogP contribution in [0.1, 0.15) is 20.9 Å². The average Bonchev–Trinajstić information content (AvgIpc) is 3.29. The maximum Gasteiger partial charge on any atom is 0.416 e. The van der Waals surface area contributed by atoms with E-state index in [-0.39, 0.29) is 5.69 Å². The molecule has 1 amide bonds. The first kappa shape index (κ1) is 20.0. The van der Waals surface area contributed by atoms with Crippen molar-refractivity contribution in [3.63, 3.8) is 0 Å². The lowest BCUT2D eigenvalue weighted by Crippen LogP contribution is -2.21. The monoisotopic (exact) mass is 426 g/mol. The first-order chi connectivity index (χ1) is 13.2. The number of hydrogen-bond acceptors (Lipinski definition) is 6. The fourth-order valence-corrected chi connectivity index (χ4v) is 3.98. The van der Waals surface area contributed by atoms with E-state index < -0.39 is 30.2 Å². The van der Waals surface area contributed by atoms with Crippen LogP contribution >= 0.6 is 22.7 Å². The number of thiazole rings is 1. The Morgan fingerprint density at radius 3 is 2.50 bits per heavy atom. The van der Waals surface area contributed by atoms with Crippen molar-refractivity contribution in [2.75, 3.05) is 11.9 Å². The highest BCUT2D eigenvalue weighted by Crippen LogP contribution is 2.31. The van der Waals surface area contributed by atoms with E-state index >= 15 is 0 Å². The number of hydrogen-bond donors (Lipinski definition) is 1. The molecule has 10 heteroatoms. The van der Waals surface area contributed by atoms with Crippen LogP contribution in [0.4, 0.5) is 18.9 Å². The highest BCUT2D eigenvalue weighted by molar-refractivity contribution is 7.22. The molecule has 0 bridgehead atoms. The molecule has 3 rings (SSSR count). The van der Waals surface area contributed by atoms with Crippen LogP contribution in [0, 0.1) is 6.92 Å². The molecule has 2 aromatic heterocycles. The lowest BCUT2D eigenvalue weighted by Gasteiger charge is -2.09. The van der Waals surface area contributed by atoms with Crippen LogP contribution < -0.4 is 5.32 Å². The number of thiophene rings is 1. The molecule has 28 heavy (non-hydrogen) atoms. The van der Waals surface area contributed by atoms with Crippen LogP contribution in [0.15, 0.2) is 41.8 Å². The van der Waals surface area contributed by atoms with Crippen LogP contribution in [-0.2, 0) is 15.7 Å². The van der Waals surface area contributed by atoms with Crippen LogP contribution in [0.5, 0.6) is 0 Å². The number of aromatic nitrogens is 1. The van der Waals surface area contributed by atoms with Crippen LogP contribution in [0.3, 0.4) is 0 Å². The molecule has 0 aliphatic heterocycles. The smallest absolute Gasteiger partial charge is 0.416 e. The van der Waals surface area contributed by atoms with E-state index in [2.05, 4.69) is 10.3 Å². The zero-order chi connectivity index (χ0) is 20.3. The summed E-state index contributed by atoms with van der Waals surface area (Å²) in [5.74, 6) is -1.34. The number of ether oxygens (including phenoxy) is 1. The molecule has 146 valence electrons. The third-order valence-electron chi connectivity index (χ3n) is 3.54. The van der Waals surface area contributed by atoms with Gasteiger partial charge in [0.05, 0.1) is 16.1 Å². The molecule has 0 radical (unpaired) electrons. The second-order valence-corrected chi connectivity index (χ2v) is 7.56. The van der Waals surface area contributed by atoms with Gasteiger partial charge in [-0.25, -0.2) is 9.78 Å². The van der Waals surface area contributed by atoms with Crippen molar-refractivity contribution in [3.05, 3.63) is 57.9 Å². The Kier molecular flexibility index (Phi) is 5.80. The van der Waals surface area contributed by atoms with Crippen molar-refractivity contribution in [1.82, 2.24) is 4.98 Å². The first-order valence-corrected chi connectivity index (χ1v) is 9.59. The minimum absolute atomic E-state index is 0.169. The predicted molar refractivity (Wildman–Crippen MR) is 101 cm³/mol. The van der Waals surface area contributed by atoms with Gasteiger partial charge in [-0.05, 0) is 42.6 Å². The van der Waals surface area contributed by atoms with Gasteiger partial charge in [0.25, 0.3) is 5.91 Å². The lowest BCUT2D eigenvalue weighted by atomic mass is 10.2. The number of carbonyl (C=O) groups is 2. The molecule has 1 N–H and O–H groups in total. The summed E-state index contributed by atoms with van der Waals surface area (Å²) in [5.41, 5.74) is -0.149. The van der Waals surface area contributed by atoms with Crippen molar-refractivity contribution < 1.29 is 27.5 Å². The minimum atomic E-state index is -4.45. The predicted octanol–water partition coefficient (Wildman–Crippen LogP) is 4.99. The van der Waals surface area contributed by atoms with Gasteiger partial charge in [0.2, 0.25) is 0 Å². The topological polar surface area (TPSA) is 68.3 Å². The maximum atomic E-state index is 12.5. The van der Waals surface area contributed by atoms with Crippen molar-refractivity contribution in [1.29, 1.82) is 0 Å². The fraction of sp³-hybridized carbons (Fsp3) is 0.167. The van der Waals surface area contributed by atoms with E-state index in [4.69, 9.17) is 4.74 Å². The van der Waals surface area contributed by atoms with Crippen molar-refractivity contribution in [3.8, 4) is 9.88 Å². The molecule has 1 aromatic carbocycles. The summed E-state index contributed by atoms with van der Waals surface area (Å²) in [7, 11) is 0. The van der Waals surface area contributed by atoms with Gasteiger partial charge < -0.3 is 10.1 Å². The molecule has 0 aliphatic rings. The summed E-state index contributed by atoms with van der Waals surface area (Å²) in [4.78, 5) is 29.6. The average molecular weight is 426 g/mol. The number of rotatable bonds is 5. The molecule has 0 atom stereocenters. The van der Waals surface area contributed by atoms with E-state index in [0.717, 1.165) is 29.1 Å². The molecule has 0 spiro atoms.